The van der Waals surface area contributed by atoms with Crippen molar-refractivity contribution in [2.75, 3.05) is 0 Å². The van der Waals surface area contributed by atoms with E-state index in [-0.39, 0.29) is 17.3 Å². The van der Waals surface area contributed by atoms with Crippen LogP contribution in [0.1, 0.15) is 42.5 Å². The molecule has 1 fully saturated rings. The largest absolute Gasteiger partial charge is 0.305 e. The summed E-state index contributed by atoms with van der Waals surface area (Å²) in [4.78, 5) is 22.0. The van der Waals surface area contributed by atoms with Crippen molar-refractivity contribution in [2.45, 2.75) is 32.1 Å². The molecule has 5 heteroatoms. The lowest BCUT2D eigenvalue weighted by molar-refractivity contribution is -0.387. The van der Waals surface area contributed by atoms with Crippen molar-refractivity contribution in [3.05, 3.63) is 39.7 Å². The minimum Gasteiger partial charge on any atom is -0.294 e. The average molecular weight is 251 g/mol. The number of benzene rings is 1. The number of nitro groups is 1. The molecule has 1 aromatic carbocycles. The smallest absolute Gasteiger partial charge is 0.294 e. The van der Waals surface area contributed by atoms with Crippen LogP contribution in [0.5, 0.6) is 0 Å². The van der Waals surface area contributed by atoms with E-state index in [0.29, 0.717) is 0 Å². The first-order valence-electron chi connectivity index (χ1n) is 6.08. The molecular formula is C13H14FNO3. The van der Waals surface area contributed by atoms with Gasteiger partial charge in [-0.25, -0.2) is 0 Å². The first kappa shape index (κ1) is 12.7. The number of hydrogen-bond acceptors (Lipinski definition) is 3. The third-order valence-corrected chi connectivity index (χ3v) is 3.40. The number of ketones is 1. The van der Waals surface area contributed by atoms with Crippen LogP contribution in [0.15, 0.2) is 18.2 Å². The molecule has 0 heterocycles. The third-order valence-electron chi connectivity index (χ3n) is 3.40. The monoisotopic (exact) mass is 251 g/mol. The summed E-state index contributed by atoms with van der Waals surface area (Å²) < 4.78 is 13.2. The Morgan fingerprint density at radius 1 is 1.28 bits per heavy atom. The highest BCUT2D eigenvalue weighted by Crippen LogP contribution is 2.28. The van der Waals surface area contributed by atoms with Crippen LogP contribution in [0.2, 0.25) is 0 Å². The summed E-state index contributed by atoms with van der Waals surface area (Å²) in [6.07, 6.45) is 4.81. The van der Waals surface area contributed by atoms with E-state index in [9.17, 15) is 19.3 Å². The van der Waals surface area contributed by atoms with Gasteiger partial charge < -0.3 is 0 Å². The van der Waals surface area contributed by atoms with Crippen LogP contribution in [0.3, 0.4) is 0 Å². The van der Waals surface area contributed by atoms with Crippen LogP contribution in [-0.4, -0.2) is 10.7 Å². The standard InChI is InChI=1S/C13H14FNO3/c14-11-7-6-10(8-12(11)15(17)18)13(16)9-4-2-1-3-5-9/h6-9H,1-5H2. The molecule has 96 valence electrons. The molecule has 0 bridgehead atoms. The molecule has 0 unspecified atom stereocenters. The highest BCUT2D eigenvalue weighted by Gasteiger charge is 2.24. The number of halogens is 1. The van der Waals surface area contributed by atoms with Gasteiger partial charge in [0.1, 0.15) is 0 Å². The Kier molecular flexibility index (Phi) is 3.69. The number of carbonyl (C=O) groups excluding carboxylic acids is 1. The molecule has 2 rings (SSSR count). The zero-order valence-electron chi connectivity index (χ0n) is 9.89. The van der Waals surface area contributed by atoms with Gasteiger partial charge >= 0.3 is 5.69 Å². The highest BCUT2D eigenvalue weighted by atomic mass is 19.1. The molecule has 1 saturated carbocycles. The molecule has 18 heavy (non-hydrogen) atoms. The highest BCUT2D eigenvalue weighted by molar-refractivity contribution is 5.98. The zero-order chi connectivity index (χ0) is 13.1. The Labute approximate surface area is 104 Å². The number of nitrogens with zero attached hydrogens (tertiary/aromatic N) is 1. The molecule has 0 amide bonds. The Bertz CT molecular complexity index is 481. The molecule has 0 spiro atoms. The van der Waals surface area contributed by atoms with Gasteiger partial charge in [-0.3, -0.25) is 14.9 Å². The van der Waals surface area contributed by atoms with Crippen LogP contribution in [-0.2, 0) is 0 Å². The van der Waals surface area contributed by atoms with Gasteiger partial charge in [0.2, 0.25) is 5.82 Å². The van der Waals surface area contributed by atoms with Crippen molar-refractivity contribution in [3.8, 4) is 0 Å². The quantitative estimate of drug-likeness (QED) is 0.469. The maximum absolute atomic E-state index is 13.2. The second-order valence-corrected chi connectivity index (χ2v) is 4.62. The summed E-state index contributed by atoms with van der Waals surface area (Å²) in [6.45, 7) is 0. The molecule has 0 radical (unpaired) electrons. The molecule has 0 atom stereocenters. The van der Waals surface area contributed by atoms with E-state index in [4.69, 9.17) is 0 Å². The van der Waals surface area contributed by atoms with Crippen molar-refractivity contribution in [2.24, 2.45) is 5.92 Å². The molecule has 1 aromatic rings. The van der Waals surface area contributed by atoms with Gasteiger partial charge in [-0.1, -0.05) is 19.3 Å². The lowest BCUT2D eigenvalue weighted by Crippen LogP contribution is -2.18. The van der Waals surface area contributed by atoms with Crippen LogP contribution in [0.25, 0.3) is 0 Å². The summed E-state index contributed by atoms with van der Waals surface area (Å²) in [5, 5.41) is 10.6. The molecule has 1 aliphatic rings. The van der Waals surface area contributed by atoms with Crippen LogP contribution >= 0.6 is 0 Å². The predicted molar refractivity (Wildman–Crippen MR) is 64.0 cm³/mol. The van der Waals surface area contributed by atoms with Gasteiger partial charge in [0.25, 0.3) is 0 Å². The van der Waals surface area contributed by atoms with Crippen molar-refractivity contribution in [3.63, 3.8) is 0 Å². The molecule has 4 nitrogen and oxygen atoms in total. The van der Waals surface area contributed by atoms with Gasteiger partial charge in [-0.15, -0.1) is 0 Å². The number of hydrogen-bond donors (Lipinski definition) is 0. The molecular weight excluding hydrogens is 237 g/mol. The topological polar surface area (TPSA) is 60.2 Å². The van der Waals surface area contributed by atoms with E-state index < -0.39 is 16.4 Å². The Morgan fingerprint density at radius 2 is 1.94 bits per heavy atom. The van der Waals surface area contributed by atoms with Gasteiger partial charge in [0, 0.05) is 17.5 Å². The average Bonchev–Trinajstić information content (AvgIpc) is 2.39. The molecule has 0 aliphatic heterocycles. The van der Waals surface area contributed by atoms with E-state index in [1.54, 1.807) is 0 Å². The normalized spacial score (nSPS) is 16.5. The summed E-state index contributed by atoms with van der Waals surface area (Å²) in [5.41, 5.74) is -0.383. The van der Waals surface area contributed by atoms with Crippen molar-refractivity contribution in [1.82, 2.24) is 0 Å². The molecule has 0 aromatic heterocycles. The first-order chi connectivity index (χ1) is 8.59. The lowest BCUT2D eigenvalue weighted by Gasteiger charge is -2.20. The van der Waals surface area contributed by atoms with Crippen LogP contribution in [0, 0.1) is 21.8 Å². The minimum atomic E-state index is -0.903. The maximum Gasteiger partial charge on any atom is 0.305 e. The maximum atomic E-state index is 13.2. The zero-order valence-corrected chi connectivity index (χ0v) is 9.89. The van der Waals surface area contributed by atoms with Crippen molar-refractivity contribution >= 4 is 11.5 Å². The number of carbonyl (C=O) groups is 1. The molecule has 0 saturated heterocycles. The fraction of sp³-hybridized carbons (Fsp3) is 0.462. The van der Waals surface area contributed by atoms with E-state index in [2.05, 4.69) is 0 Å². The van der Waals surface area contributed by atoms with Gasteiger partial charge in [-0.05, 0) is 25.0 Å². The number of rotatable bonds is 3. The van der Waals surface area contributed by atoms with E-state index in [0.717, 1.165) is 44.2 Å². The lowest BCUT2D eigenvalue weighted by atomic mass is 9.84. The van der Waals surface area contributed by atoms with Gasteiger partial charge in [-0.2, -0.15) is 4.39 Å². The van der Waals surface area contributed by atoms with E-state index >= 15 is 0 Å². The summed E-state index contributed by atoms with van der Waals surface area (Å²) in [6, 6.07) is 3.37. The van der Waals surface area contributed by atoms with Crippen LogP contribution < -0.4 is 0 Å². The number of Topliss-reactive ketones (excluding diaryl/α,β-unsaturated/α-hetero) is 1. The fourth-order valence-corrected chi connectivity index (χ4v) is 2.41. The van der Waals surface area contributed by atoms with Crippen molar-refractivity contribution in [1.29, 1.82) is 0 Å². The summed E-state index contributed by atoms with van der Waals surface area (Å²) in [5.74, 6) is -1.07. The Hall–Kier alpha value is -1.78. The third kappa shape index (κ3) is 2.55. The first-order valence-corrected chi connectivity index (χ1v) is 6.08. The molecule has 1 aliphatic carbocycles. The SMILES string of the molecule is O=C(c1ccc(F)c([N+](=O)[O-])c1)C1CCCCC1. The Morgan fingerprint density at radius 3 is 2.56 bits per heavy atom. The minimum absolute atomic E-state index is 0.0659. The number of nitro benzene ring substituents is 1. The fourth-order valence-electron chi connectivity index (χ4n) is 2.41. The van der Waals surface area contributed by atoms with Gasteiger partial charge in [0.05, 0.1) is 4.92 Å². The van der Waals surface area contributed by atoms with Gasteiger partial charge in [0.15, 0.2) is 5.78 Å². The van der Waals surface area contributed by atoms with E-state index in [1.165, 1.54) is 6.07 Å². The molecule has 0 N–H and O–H groups in total. The van der Waals surface area contributed by atoms with Crippen molar-refractivity contribution < 1.29 is 14.1 Å². The summed E-state index contributed by atoms with van der Waals surface area (Å²) >= 11 is 0. The summed E-state index contributed by atoms with van der Waals surface area (Å²) in [7, 11) is 0. The second kappa shape index (κ2) is 5.25. The van der Waals surface area contributed by atoms with E-state index in [1.807, 2.05) is 0 Å². The predicted octanol–water partition coefficient (Wildman–Crippen LogP) is 3.50. The Balaban J connectivity index is 2.24. The van der Waals surface area contributed by atoms with Crippen LogP contribution in [0.4, 0.5) is 10.1 Å². The second-order valence-electron chi connectivity index (χ2n) is 4.62.